The summed E-state index contributed by atoms with van der Waals surface area (Å²) in [6.07, 6.45) is -1.42. The van der Waals surface area contributed by atoms with Crippen molar-refractivity contribution in [3.8, 4) is 0 Å². The fraction of sp³-hybridized carbons (Fsp3) is 0.222. The maximum absolute atomic E-state index is 13.6. The molecule has 0 spiro atoms. The number of aliphatic hydroxyl groups is 1. The van der Waals surface area contributed by atoms with Crippen LogP contribution in [0.5, 0.6) is 0 Å². The number of halogens is 2. The van der Waals surface area contributed by atoms with Crippen LogP contribution in [0, 0.1) is 21.7 Å². The number of aliphatic hydroxyl groups excluding tert-OH is 1. The fourth-order valence-corrected chi connectivity index (χ4v) is 2.26. The third kappa shape index (κ3) is 5.69. The van der Waals surface area contributed by atoms with E-state index in [0.717, 1.165) is 30.3 Å². The number of carbonyl (C=O) groups is 2. The number of benzene rings is 2. The van der Waals surface area contributed by atoms with Crippen LogP contribution in [-0.2, 0) is 9.53 Å². The van der Waals surface area contributed by atoms with Crippen molar-refractivity contribution in [1.29, 1.82) is 0 Å². The standard InChI is InChI=1S/C18H17F2N3O6/c1-10(17(25)22-16-8-11(19)2-4-14(16)20)29-18(26)13-9-12(23(27)28)3-5-15(13)21-6-7-24/h2-5,8-10,21,24H,6-7H2,1H3,(H,22,25)/t10-/m0/s1. The highest BCUT2D eigenvalue weighted by atomic mass is 19.1. The van der Waals surface area contributed by atoms with Gasteiger partial charge in [-0.15, -0.1) is 0 Å². The van der Waals surface area contributed by atoms with Crippen LogP contribution in [0.25, 0.3) is 0 Å². The minimum atomic E-state index is -1.42. The summed E-state index contributed by atoms with van der Waals surface area (Å²) >= 11 is 0. The van der Waals surface area contributed by atoms with Gasteiger partial charge in [0.2, 0.25) is 0 Å². The second-order valence-electron chi connectivity index (χ2n) is 5.80. The van der Waals surface area contributed by atoms with Crippen LogP contribution in [0.1, 0.15) is 17.3 Å². The maximum Gasteiger partial charge on any atom is 0.341 e. The lowest BCUT2D eigenvalue weighted by Gasteiger charge is -2.16. The van der Waals surface area contributed by atoms with Gasteiger partial charge in [-0.05, 0) is 25.1 Å². The summed E-state index contributed by atoms with van der Waals surface area (Å²) in [5.74, 6) is -3.65. The first-order chi connectivity index (χ1) is 13.7. The van der Waals surface area contributed by atoms with Crippen molar-refractivity contribution in [2.75, 3.05) is 23.8 Å². The number of amides is 1. The van der Waals surface area contributed by atoms with Gasteiger partial charge in [-0.25, -0.2) is 13.6 Å². The van der Waals surface area contributed by atoms with Crippen molar-refractivity contribution in [1.82, 2.24) is 0 Å². The molecule has 0 aliphatic carbocycles. The number of nitro groups is 1. The number of ether oxygens (including phenoxy) is 1. The quantitative estimate of drug-likeness (QED) is 0.347. The van der Waals surface area contributed by atoms with E-state index in [-0.39, 0.29) is 30.1 Å². The van der Waals surface area contributed by atoms with Gasteiger partial charge in [0.1, 0.15) is 11.6 Å². The normalized spacial score (nSPS) is 11.4. The monoisotopic (exact) mass is 409 g/mol. The van der Waals surface area contributed by atoms with Crippen LogP contribution in [0.15, 0.2) is 36.4 Å². The van der Waals surface area contributed by atoms with E-state index in [2.05, 4.69) is 10.6 Å². The molecule has 29 heavy (non-hydrogen) atoms. The van der Waals surface area contributed by atoms with Crippen molar-refractivity contribution in [2.24, 2.45) is 0 Å². The van der Waals surface area contributed by atoms with Crippen molar-refractivity contribution in [3.63, 3.8) is 0 Å². The SMILES string of the molecule is C[C@H](OC(=O)c1cc([N+](=O)[O-])ccc1NCCO)C(=O)Nc1cc(F)ccc1F. The zero-order valence-corrected chi connectivity index (χ0v) is 15.1. The fourth-order valence-electron chi connectivity index (χ4n) is 2.26. The molecule has 0 radical (unpaired) electrons. The largest absolute Gasteiger partial charge is 0.449 e. The molecule has 9 nitrogen and oxygen atoms in total. The maximum atomic E-state index is 13.6. The zero-order chi connectivity index (χ0) is 21.6. The predicted octanol–water partition coefficient (Wildman–Crippen LogP) is 2.46. The van der Waals surface area contributed by atoms with Gasteiger partial charge < -0.3 is 20.5 Å². The van der Waals surface area contributed by atoms with Crippen molar-refractivity contribution >= 4 is 28.9 Å². The zero-order valence-electron chi connectivity index (χ0n) is 15.1. The molecule has 0 heterocycles. The van der Waals surface area contributed by atoms with Crippen LogP contribution >= 0.6 is 0 Å². The van der Waals surface area contributed by atoms with Gasteiger partial charge in [-0.1, -0.05) is 0 Å². The molecule has 154 valence electrons. The molecule has 0 aliphatic rings. The predicted molar refractivity (Wildman–Crippen MR) is 98.5 cm³/mol. The van der Waals surface area contributed by atoms with E-state index in [4.69, 9.17) is 9.84 Å². The van der Waals surface area contributed by atoms with E-state index in [1.54, 1.807) is 0 Å². The average Bonchev–Trinajstić information content (AvgIpc) is 2.68. The smallest absolute Gasteiger partial charge is 0.341 e. The molecule has 2 aromatic rings. The van der Waals surface area contributed by atoms with E-state index in [1.807, 2.05) is 0 Å². The van der Waals surface area contributed by atoms with Gasteiger partial charge in [0, 0.05) is 30.4 Å². The summed E-state index contributed by atoms with van der Waals surface area (Å²) in [4.78, 5) is 34.8. The Morgan fingerprint density at radius 1 is 1.21 bits per heavy atom. The first-order valence-electron chi connectivity index (χ1n) is 8.33. The molecule has 0 fully saturated rings. The minimum absolute atomic E-state index is 0.0625. The van der Waals surface area contributed by atoms with Gasteiger partial charge in [0.05, 0.1) is 22.8 Å². The molecule has 11 heteroatoms. The second kappa shape index (κ2) is 9.55. The topological polar surface area (TPSA) is 131 Å². The van der Waals surface area contributed by atoms with Crippen LogP contribution in [0.3, 0.4) is 0 Å². The first-order valence-corrected chi connectivity index (χ1v) is 8.33. The molecule has 2 rings (SSSR count). The van der Waals surface area contributed by atoms with Crippen molar-refractivity contribution in [3.05, 3.63) is 63.7 Å². The minimum Gasteiger partial charge on any atom is -0.449 e. The second-order valence-corrected chi connectivity index (χ2v) is 5.80. The van der Waals surface area contributed by atoms with Crippen LogP contribution in [0.2, 0.25) is 0 Å². The lowest BCUT2D eigenvalue weighted by molar-refractivity contribution is -0.384. The van der Waals surface area contributed by atoms with Crippen LogP contribution in [0.4, 0.5) is 25.8 Å². The van der Waals surface area contributed by atoms with Gasteiger partial charge in [-0.3, -0.25) is 14.9 Å². The Bertz CT molecular complexity index is 938. The highest BCUT2D eigenvalue weighted by Gasteiger charge is 2.24. The summed E-state index contributed by atoms with van der Waals surface area (Å²) < 4.78 is 31.8. The molecule has 0 saturated carbocycles. The summed E-state index contributed by atoms with van der Waals surface area (Å²) in [5, 5.41) is 24.7. The molecule has 3 N–H and O–H groups in total. The highest BCUT2D eigenvalue weighted by molar-refractivity contribution is 6.00. The van der Waals surface area contributed by atoms with Gasteiger partial charge >= 0.3 is 5.97 Å². The number of hydrogen-bond donors (Lipinski definition) is 3. The summed E-state index contributed by atoms with van der Waals surface area (Å²) in [6.45, 7) is 0.999. The van der Waals surface area contributed by atoms with Crippen LogP contribution < -0.4 is 10.6 Å². The molecule has 1 atom stereocenters. The lowest BCUT2D eigenvalue weighted by Crippen LogP contribution is -2.30. The molecular formula is C18H17F2N3O6. The number of nitrogens with zero attached hydrogens (tertiary/aromatic N) is 1. The van der Waals surface area contributed by atoms with E-state index >= 15 is 0 Å². The van der Waals surface area contributed by atoms with E-state index in [0.29, 0.717) is 0 Å². The van der Waals surface area contributed by atoms with E-state index in [1.165, 1.54) is 13.0 Å². The molecule has 0 aliphatic heterocycles. The number of non-ortho nitro benzene ring substituents is 1. The Hall–Kier alpha value is -3.60. The third-order valence-corrected chi connectivity index (χ3v) is 3.70. The Morgan fingerprint density at radius 3 is 2.59 bits per heavy atom. The van der Waals surface area contributed by atoms with Gasteiger partial charge in [-0.2, -0.15) is 0 Å². The van der Waals surface area contributed by atoms with Crippen LogP contribution in [-0.4, -0.2) is 41.2 Å². The summed E-state index contributed by atoms with van der Waals surface area (Å²) in [6, 6.07) is 5.83. The molecule has 0 bridgehead atoms. The Morgan fingerprint density at radius 2 is 1.93 bits per heavy atom. The number of carbonyl (C=O) groups excluding carboxylic acids is 2. The molecular weight excluding hydrogens is 392 g/mol. The number of nitrogens with one attached hydrogen (secondary N) is 2. The van der Waals surface area contributed by atoms with E-state index in [9.17, 15) is 28.5 Å². The first kappa shape index (κ1) is 21.7. The number of hydrogen-bond acceptors (Lipinski definition) is 7. The van der Waals surface area contributed by atoms with Crippen molar-refractivity contribution < 1.29 is 33.1 Å². The van der Waals surface area contributed by atoms with E-state index < -0.39 is 40.2 Å². The summed E-state index contributed by atoms with van der Waals surface area (Å²) in [5.41, 5.74) is -0.897. The lowest BCUT2D eigenvalue weighted by atomic mass is 10.1. The van der Waals surface area contributed by atoms with Gasteiger partial charge in [0.15, 0.2) is 6.10 Å². The third-order valence-electron chi connectivity index (χ3n) is 3.70. The Balaban J connectivity index is 2.17. The number of rotatable bonds is 8. The number of nitro benzene ring substituents is 1. The molecule has 1 amide bonds. The van der Waals surface area contributed by atoms with Crippen molar-refractivity contribution in [2.45, 2.75) is 13.0 Å². The average molecular weight is 409 g/mol. The molecule has 2 aromatic carbocycles. The highest BCUT2D eigenvalue weighted by Crippen LogP contribution is 2.24. The summed E-state index contributed by atoms with van der Waals surface area (Å²) in [7, 11) is 0. The number of anilines is 2. The molecule has 0 unspecified atom stereocenters. The molecule has 0 saturated heterocycles. The van der Waals surface area contributed by atoms with Gasteiger partial charge in [0.25, 0.3) is 11.6 Å². The molecule has 0 aromatic heterocycles. The Kier molecular flexibility index (Phi) is 7.15. The Labute approximate surface area is 163 Å². The number of esters is 1.